The van der Waals surface area contributed by atoms with Gasteiger partial charge in [0.15, 0.2) is 6.17 Å². The fourth-order valence-electron chi connectivity index (χ4n) is 7.87. The van der Waals surface area contributed by atoms with Crippen LogP contribution in [0.25, 0.3) is 10.8 Å². The van der Waals surface area contributed by atoms with Gasteiger partial charge >= 0.3 is 0 Å². The fourth-order valence-corrected chi connectivity index (χ4v) is 7.87. The summed E-state index contributed by atoms with van der Waals surface area (Å²) in [5.74, 6) is 3.11. The lowest BCUT2D eigenvalue weighted by molar-refractivity contribution is -0.136. The number of carbonyl (C=O) groups excluding carboxylic acids is 6. The van der Waals surface area contributed by atoms with E-state index in [0.717, 1.165) is 4.90 Å². The van der Waals surface area contributed by atoms with Crippen LogP contribution in [-0.2, 0) is 28.6 Å². The molecule has 0 aliphatic carbocycles. The summed E-state index contributed by atoms with van der Waals surface area (Å²) in [6.07, 6.45) is 0.480. The first kappa shape index (κ1) is 46.8. The van der Waals surface area contributed by atoms with Crippen LogP contribution in [0.5, 0.6) is 17.4 Å². The molecule has 4 heterocycles. The number of hydrogen-bond donors (Lipinski definition) is 4. The van der Waals surface area contributed by atoms with Crippen molar-refractivity contribution in [2.45, 2.75) is 44.4 Å². The number of carbonyl (C=O) groups is 6. The number of nitrogens with one attached hydrogen (secondary N) is 3. The molecule has 3 aliphatic rings. The van der Waals surface area contributed by atoms with Gasteiger partial charge in [0.25, 0.3) is 23.6 Å². The number of nitrogens with two attached hydrogens (primary N) is 1. The van der Waals surface area contributed by atoms with Gasteiger partial charge in [-0.3, -0.25) is 39.0 Å². The number of piperidine rings is 1. The first-order valence-corrected chi connectivity index (χ1v) is 21.4. The molecule has 0 bridgehead atoms. The Kier molecular flexibility index (Phi) is 15.4. The van der Waals surface area contributed by atoms with Gasteiger partial charge in [-0.1, -0.05) is 24.8 Å². The summed E-state index contributed by atoms with van der Waals surface area (Å²) in [6, 6.07) is 13.6. The minimum Gasteiger partial charge on any atom is -0.496 e. The van der Waals surface area contributed by atoms with Crippen molar-refractivity contribution in [1.29, 1.82) is 0 Å². The van der Waals surface area contributed by atoms with Crippen LogP contribution < -0.4 is 35.9 Å². The Bertz CT molecular complexity index is 2560. The standard InChI is InChI=1S/C47H49FN6O12/c1-3-30-36(52-44(58)41(30)48)26-66-45-33-24-38(61-2)34(42(49)56)23-32(33)28(25-51-45)10-7-27-8-11-29(12-9-27)65-22-21-64-20-19-63-18-17-62-16-15-50-35-6-4-5-31-40(35)47(60)54(46(31)59)37-13-14-39(55)53-43(37)57/h4-6,8-9,11-12,23-25,30,36-37,41,50H,3,13-22,26H2,1-2H3,(H2,49,56)(H,52,58)(H,53,55,57)/t30-,36+,37?,41-/m0/s1. The zero-order valence-corrected chi connectivity index (χ0v) is 36.3. The lowest BCUT2D eigenvalue weighted by atomic mass is 9.97. The highest BCUT2D eigenvalue weighted by Gasteiger charge is 2.46. The van der Waals surface area contributed by atoms with Crippen molar-refractivity contribution in [1.82, 2.24) is 20.5 Å². The van der Waals surface area contributed by atoms with Gasteiger partial charge in [0, 0.05) is 47.1 Å². The summed E-state index contributed by atoms with van der Waals surface area (Å²) >= 11 is 0. The minimum absolute atomic E-state index is 0.0128. The quantitative estimate of drug-likeness (QED) is 0.0535. The summed E-state index contributed by atoms with van der Waals surface area (Å²) in [7, 11) is 1.41. The predicted octanol–water partition coefficient (Wildman–Crippen LogP) is 2.93. The molecule has 0 radical (unpaired) electrons. The molecule has 19 heteroatoms. The molecule has 1 unspecified atom stereocenters. The highest BCUT2D eigenvalue weighted by atomic mass is 19.1. The Morgan fingerprint density at radius 2 is 1.62 bits per heavy atom. The number of ether oxygens (including phenoxy) is 6. The van der Waals surface area contributed by atoms with E-state index in [9.17, 15) is 33.2 Å². The molecule has 3 aromatic carbocycles. The van der Waals surface area contributed by atoms with E-state index >= 15 is 0 Å². The number of halogens is 1. The van der Waals surface area contributed by atoms with E-state index in [1.807, 2.05) is 6.92 Å². The number of primary amides is 1. The van der Waals surface area contributed by atoms with Crippen LogP contribution in [0.15, 0.2) is 60.8 Å². The molecule has 0 saturated carbocycles. The van der Waals surface area contributed by atoms with Gasteiger partial charge in [0.2, 0.25) is 17.7 Å². The predicted molar refractivity (Wildman–Crippen MR) is 235 cm³/mol. The molecule has 346 valence electrons. The number of methoxy groups -OCH3 is 1. The first-order chi connectivity index (χ1) is 32.0. The summed E-state index contributed by atoms with van der Waals surface area (Å²) in [5.41, 5.74) is 7.81. The topological polar surface area (TPSA) is 236 Å². The summed E-state index contributed by atoms with van der Waals surface area (Å²) in [5, 5.41) is 9.00. The molecule has 6 amide bonds. The van der Waals surface area contributed by atoms with Crippen molar-refractivity contribution in [2.24, 2.45) is 11.7 Å². The molecule has 2 fully saturated rings. The molecule has 3 aliphatic heterocycles. The summed E-state index contributed by atoms with van der Waals surface area (Å²) in [4.78, 5) is 79.9. The number of hydrogen-bond acceptors (Lipinski definition) is 14. The SMILES string of the molecule is CC[C@@H]1[C@H](F)C(=O)N[C@@H]1COc1ncc(C#Cc2ccc(OCCOCCOCCOCCNc3cccc4c3C(=O)N(C3CCC(=O)NC3=O)C4=O)cc2)c2cc(C(N)=O)c(OC)cc12. The maximum atomic E-state index is 14.4. The summed E-state index contributed by atoms with van der Waals surface area (Å²) < 4.78 is 48.4. The van der Waals surface area contributed by atoms with Gasteiger partial charge in [0.05, 0.1) is 75.0 Å². The molecule has 2 saturated heterocycles. The number of benzene rings is 3. The van der Waals surface area contributed by atoms with E-state index in [0.29, 0.717) is 92.6 Å². The number of imide groups is 2. The number of rotatable bonds is 21. The van der Waals surface area contributed by atoms with Gasteiger partial charge in [-0.2, -0.15) is 0 Å². The number of amides is 6. The van der Waals surface area contributed by atoms with E-state index in [4.69, 9.17) is 34.2 Å². The van der Waals surface area contributed by atoms with Crippen molar-refractivity contribution in [2.75, 3.05) is 71.8 Å². The average molecular weight is 909 g/mol. The van der Waals surface area contributed by atoms with Gasteiger partial charge in [0.1, 0.15) is 30.8 Å². The lowest BCUT2D eigenvalue weighted by Gasteiger charge is -2.27. The Balaban J connectivity index is 0.801. The van der Waals surface area contributed by atoms with Gasteiger partial charge in [-0.25, -0.2) is 9.37 Å². The molecule has 18 nitrogen and oxygen atoms in total. The zero-order chi connectivity index (χ0) is 46.7. The monoisotopic (exact) mass is 908 g/mol. The Morgan fingerprint density at radius 3 is 2.32 bits per heavy atom. The van der Waals surface area contributed by atoms with Gasteiger partial charge in [-0.05, 0) is 61.4 Å². The van der Waals surface area contributed by atoms with Crippen molar-refractivity contribution < 1.29 is 61.6 Å². The second-order valence-electron chi connectivity index (χ2n) is 15.4. The van der Waals surface area contributed by atoms with Crippen LogP contribution in [0.4, 0.5) is 10.1 Å². The van der Waals surface area contributed by atoms with Gasteiger partial charge in [-0.15, -0.1) is 0 Å². The second kappa shape index (κ2) is 21.7. The highest BCUT2D eigenvalue weighted by molar-refractivity contribution is 6.25. The third-order valence-electron chi connectivity index (χ3n) is 11.2. The van der Waals surface area contributed by atoms with Crippen LogP contribution in [0, 0.1) is 17.8 Å². The van der Waals surface area contributed by atoms with Crippen LogP contribution in [0.2, 0.25) is 0 Å². The number of anilines is 1. The van der Waals surface area contributed by atoms with Crippen molar-refractivity contribution in [3.63, 3.8) is 0 Å². The normalized spacial score (nSPS) is 19.0. The molecule has 1 aromatic heterocycles. The number of fused-ring (bicyclic) bond motifs is 2. The van der Waals surface area contributed by atoms with Crippen molar-refractivity contribution >= 4 is 51.9 Å². The van der Waals surface area contributed by atoms with Crippen LogP contribution in [0.1, 0.15) is 68.4 Å². The molecular weight excluding hydrogens is 860 g/mol. The van der Waals surface area contributed by atoms with Crippen molar-refractivity contribution in [3.8, 4) is 29.2 Å². The molecule has 0 spiro atoms. The van der Waals surface area contributed by atoms with Crippen molar-refractivity contribution in [3.05, 3.63) is 88.6 Å². The largest absolute Gasteiger partial charge is 0.496 e. The van der Waals surface area contributed by atoms with Crippen LogP contribution >= 0.6 is 0 Å². The molecular formula is C47H49FN6O12. The average Bonchev–Trinajstić information content (AvgIpc) is 3.74. The first-order valence-electron chi connectivity index (χ1n) is 21.4. The highest BCUT2D eigenvalue weighted by Crippen LogP contribution is 2.35. The number of pyridine rings is 1. The zero-order valence-electron chi connectivity index (χ0n) is 36.3. The third kappa shape index (κ3) is 10.7. The maximum Gasteiger partial charge on any atom is 0.264 e. The number of aromatic nitrogens is 1. The third-order valence-corrected chi connectivity index (χ3v) is 11.2. The fraction of sp³-hybridized carbons (Fsp3) is 0.383. The second-order valence-corrected chi connectivity index (χ2v) is 15.4. The Morgan fingerprint density at radius 1 is 0.894 bits per heavy atom. The Labute approximate surface area is 378 Å². The molecule has 66 heavy (non-hydrogen) atoms. The van der Waals surface area contributed by atoms with Gasteiger partial charge < -0.3 is 44.8 Å². The van der Waals surface area contributed by atoms with E-state index in [1.54, 1.807) is 48.5 Å². The maximum absolute atomic E-state index is 14.4. The molecule has 4 atom stereocenters. The van der Waals surface area contributed by atoms with E-state index in [-0.39, 0.29) is 47.8 Å². The Hall–Kier alpha value is -7.14. The van der Waals surface area contributed by atoms with E-state index in [2.05, 4.69) is 32.8 Å². The van der Waals surface area contributed by atoms with E-state index < -0.39 is 59.6 Å². The molecule has 5 N–H and O–H groups in total. The van der Waals surface area contributed by atoms with Crippen LogP contribution in [-0.4, -0.2) is 130 Å². The number of alkyl halides is 1. The van der Waals surface area contributed by atoms with E-state index in [1.165, 1.54) is 19.4 Å². The van der Waals surface area contributed by atoms with Crippen LogP contribution in [0.3, 0.4) is 0 Å². The smallest absolute Gasteiger partial charge is 0.264 e. The molecule has 4 aromatic rings. The number of nitrogens with zero attached hydrogens (tertiary/aromatic N) is 2. The molecule has 7 rings (SSSR count). The lowest BCUT2D eigenvalue weighted by Crippen LogP contribution is -2.54. The minimum atomic E-state index is -1.61. The summed E-state index contributed by atoms with van der Waals surface area (Å²) in [6.45, 7) is 4.45.